The fraction of sp³-hybridized carbons (Fsp3) is 0.750. The summed E-state index contributed by atoms with van der Waals surface area (Å²) in [6, 6.07) is 0. The van der Waals surface area contributed by atoms with E-state index in [-0.39, 0.29) is 5.12 Å². The standard InChI is InChI=1S/C4H6NOS/c6-4-3-5-1-2-7-4/h1-3H2. The number of thioether (sulfide) groups is 1. The van der Waals surface area contributed by atoms with Crippen molar-refractivity contribution in [2.75, 3.05) is 18.8 Å². The van der Waals surface area contributed by atoms with E-state index in [4.69, 9.17) is 0 Å². The first-order valence-corrected chi connectivity index (χ1v) is 3.17. The number of carbonyl (C=O) groups excluding carboxylic acids is 1. The lowest BCUT2D eigenvalue weighted by molar-refractivity contribution is -0.110. The lowest BCUT2D eigenvalue weighted by atomic mass is 10.6. The predicted octanol–water partition coefficient (Wildman–Crippen LogP) is -0.136. The molecule has 1 radical (unpaired) electrons. The van der Waals surface area contributed by atoms with Crippen LogP contribution in [0.1, 0.15) is 0 Å². The Morgan fingerprint density at radius 1 is 1.71 bits per heavy atom. The van der Waals surface area contributed by atoms with Crippen molar-refractivity contribution in [2.24, 2.45) is 0 Å². The van der Waals surface area contributed by atoms with Crippen LogP contribution >= 0.6 is 11.8 Å². The quantitative estimate of drug-likeness (QED) is 0.441. The van der Waals surface area contributed by atoms with Gasteiger partial charge in [-0.15, -0.1) is 0 Å². The second-order valence-corrected chi connectivity index (χ2v) is 2.48. The molecule has 0 amide bonds. The van der Waals surface area contributed by atoms with Crippen LogP contribution < -0.4 is 5.32 Å². The Balaban J connectivity index is 2.25. The molecule has 2 nitrogen and oxygen atoms in total. The lowest BCUT2D eigenvalue weighted by Crippen LogP contribution is -2.22. The topological polar surface area (TPSA) is 31.2 Å². The van der Waals surface area contributed by atoms with Crippen molar-refractivity contribution in [3.8, 4) is 0 Å². The van der Waals surface area contributed by atoms with E-state index in [1.54, 1.807) is 0 Å². The molecule has 0 aliphatic carbocycles. The number of carbonyl (C=O) groups is 1. The van der Waals surface area contributed by atoms with Crippen molar-refractivity contribution < 1.29 is 4.79 Å². The molecule has 7 heavy (non-hydrogen) atoms. The van der Waals surface area contributed by atoms with E-state index in [2.05, 4.69) is 5.32 Å². The Labute approximate surface area is 46.7 Å². The maximum Gasteiger partial charge on any atom is 0.204 e. The molecule has 0 atom stereocenters. The van der Waals surface area contributed by atoms with Gasteiger partial charge in [-0.3, -0.25) is 4.79 Å². The monoisotopic (exact) mass is 116 g/mol. The van der Waals surface area contributed by atoms with Crippen LogP contribution in [0, 0.1) is 0 Å². The van der Waals surface area contributed by atoms with Crippen LogP contribution in [0.15, 0.2) is 0 Å². The Morgan fingerprint density at radius 3 is 2.86 bits per heavy atom. The normalized spacial score (nSPS) is 22.6. The molecule has 3 heteroatoms. The SMILES string of the molecule is O=C1C[N]CCS1. The molecule has 0 bridgehead atoms. The van der Waals surface area contributed by atoms with Gasteiger partial charge in [-0.05, 0) is 0 Å². The predicted molar refractivity (Wildman–Crippen MR) is 29.3 cm³/mol. The first kappa shape index (κ1) is 5.12. The van der Waals surface area contributed by atoms with Crippen LogP contribution in [0.2, 0.25) is 0 Å². The minimum absolute atomic E-state index is 0.214. The molecule has 39 valence electrons. The largest absolute Gasteiger partial charge is 0.286 e. The van der Waals surface area contributed by atoms with Gasteiger partial charge in [-0.25, -0.2) is 5.32 Å². The molecule has 0 unspecified atom stereocenters. The summed E-state index contributed by atoms with van der Waals surface area (Å²) in [5.74, 6) is 0.888. The summed E-state index contributed by atoms with van der Waals surface area (Å²) in [5, 5.41) is 4.10. The summed E-state index contributed by atoms with van der Waals surface area (Å²) in [5.41, 5.74) is 0. The van der Waals surface area contributed by atoms with Gasteiger partial charge in [-0.2, -0.15) is 0 Å². The number of nitrogens with zero attached hydrogens (tertiary/aromatic N) is 1. The van der Waals surface area contributed by atoms with Crippen LogP contribution in [0.5, 0.6) is 0 Å². The highest BCUT2D eigenvalue weighted by molar-refractivity contribution is 8.13. The fourth-order valence-corrected chi connectivity index (χ4v) is 1.07. The molecule has 0 spiro atoms. The van der Waals surface area contributed by atoms with Gasteiger partial charge in [0.2, 0.25) is 5.12 Å². The Hall–Kier alpha value is -0.0200. The maximum absolute atomic E-state index is 10.3. The van der Waals surface area contributed by atoms with Crippen molar-refractivity contribution in [3.05, 3.63) is 0 Å². The van der Waals surface area contributed by atoms with Crippen molar-refractivity contribution >= 4 is 16.9 Å². The molecule has 1 heterocycles. The van der Waals surface area contributed by atoms with Crippen molar-refractivity contribution in [1.29, 1.82) is 0 Å². The smallest absolute Gasteiger partial charge is 0.204 e. The first-order chi connectivity index (χ1) is 3.39. The molecule has 0 aromatic rings. The molecule has 0 aromatic heterocycles. The zero-order chi connectivity index (χ0) is 5.11. The minimum Gasteiger partial charge on any atom is -0.286 e. The highest BCUT2D eigenvalue weighted by atomic mass is 32.2. The van der Waals surface area contributed by atoms with E-state index in [1.807, 2.05) is 0 Å². The summed E-state index contributed by atoms with van der Waals surface area (Å²) in [6.45, 7) is 1.29. The van der Waals surface area contributed by atoms with Crippen LogP contribution in [-0.2, 0) is 4.79 Å². The molecule has 0 N–H and O–H groups in total. The molecular formula is C4H6NOS. The van der Waals surface area contributed by atoms with Crippen molar-refractivity contribution in [2.45, 2.75) is 0 Å². The molecule has 0 aromatic carbocycles. The van der Waals surface area contributed by atoms with Crippen LogP contribution in [-0.4, -0.2) is 24.0 Å². The second-order valence-electron chi connectivity index (χ2n) is 1.33. The average Bonchev–Trinajstić information content (AvgIpc) is 1.69. The third-order valence-electron chi connectivity index (χ3n) is 0.753. The summed E-state index contributed by atoms with van der Waals surface area (Å²) < 4.78 is 0. The zero-order valence-electron chi connectivity index (χ0n) is 3.89. The van der Waals surface area contributed by atoms with Gasteiger partial charge in [0.15, 0.2) is 0 Å². The van der Waals surface area contributed by atoms with Gasteiger partial charge in [0.05, 0.1) is 6.54 Å². The molecule has 1 fully saturated rings. The van der Waals surface area contributed by atoms with Crippen LogP contribution in [0.3, 0.4) is 0 Å². The second kappa shape index (κ2) is 2.33. The molecule has 1 aliphatic rings. The highest BCUT2D eigenvalue weighted by Gasteiger charge is 2.07. The van der Waals surface area contributed by atoms with Gasteiger partial charge in [0.25, 0.3) is 0 Å². The minimum atomic E-state index is 0.214. The lowest BCUT2D eigenvalue weighted by Gasteiger charge is -2.05. The number of hydrogen-bond donors (Lipinski definition) is 0. The molecule has 1 saturated heterocycles. The molecule has 1 aliphatic heterocycles. The fourth-order valence-electron chi connectivity index (χ4n) is 0.440. The molecule has 1 rings (SSSR count). The van der Waals surface area contributed by atoms with E-state index >= 15 is 0 Å². The summed E-state index contributed by atoms with van der Waals surface area (Å²) >= 11 is 1.39. The summed E-state index contributed by atoms with van der Waals surface area (Å²) in [7, 11) is 0. The van der Waals surface area contributed by atoms with E-state index in [0.717, 1.165) is 12.3 Å². The zero-order valence-corrected chi connectivity index (χ0v) is 4.70. The van der Waals surface area contributed by atoms with Gasteiger partial charge in [-0.1, -0.05) is 11.8 Å². The Morgan fingerprint density at radius 2 is 2.57 bits per heavy atom. The van der Waals surface area contributed by atoms with Crippen LogP contribution in [0.4, 0.5) is 0 Å². The molecular weight excluding hydrogens is 110 g/mol. The van der Waals surface area contributed by atoms with E-state index in [1.165, 1.54) is 11.8 Å². The van der Waals surface area contributed by atoms with Gasteiger partial charge in [0, 0.05) is 12.3 Å². The van der Waals surface area contributed by atoms with Crippen molar-refractivity contribution in [3.63, 3.8) is 0 Å². The van der Waals surface area contributed by atoms with Crippen molar-refractivity contribution in [1.82, 2.24) is 5.32 Å². The highest BCUT2D eigenvalue weighted by Crippen LogP contribution is 2.03. The van der Waals surface area contributed by atoms with E-state index in [9.17, 15) is 4.79 Å². The van der Waals surface area contributed by atoms with E-state index < -0.39 is 0 Å². The number of hydrogen-bond acceptors (Lipinski definition) is 2. The van der Waals surface area contributed by atoms with Gasteiger partial charge < -0.3 is 0 Å². The van der Waals surface area contributed by atoms with E-state index in [0.29, 0.717) is 6.54 Å². The third-order valence-corrected chi connectivity index (χ3v) is 1.59. The maximum atomic E-state index is 10.3. The third kappa shape index (κ3) is 1.49. The van der Waals surface area contributed by atoms with Crippen LogP contribution in [0.25, 0.3) is 0 Å². The van der Waals surface area contributed by atoms with Gasteiger partial charge in [0.1, 0.15) is 0 Å². The Bertz CT molecular complexity index is 75.8. The average molecular weight is 116 g/mol. The summed E-state index contributed by atoms with van der Waals surface area (Å²) in [4.78, 5) is 10.3. The molecule has 0 saturated carbocycles. The first-order valence-electron chi connectivity index (χ1n) is 2.18. The Kier molecular flexibility index (Phi) is 1.70. The summed E-state index contributed by atoms with van der Waals surface area (Å²) in [6.07, 6.45) is 0. The van der Waals surface area contributed by atoms with Gasteiger partial charge >= 0.3 is 0 Å². The number of rotatable bonds is 0.